The first-order valence-corrected chi connectivity index (χ1v) is 10.3. The van der Waals surface area contributed by atoms with Crippen LogP contribution in [0.1, 0.15) is 38.9 Å². The number of aliphatic imine (C=N–C) groups is 1. The van der Waals surface area contributed by atoms with E-state index >= 15 is 0 Å². The number of para-hydroxylation sites is 2. The van der Waals surface area contributed by atoms with Crippen LogP contribution < -0.4 is 10.6 Å². The highest BCUT2D eigenvalue weighted by atomic mass is 127. The molecule has 28 heavy (non-hydrogen) atoms. The van der Waals surface area contributed by atoms with E-state index < -0.39 is 0 Å². The highest BCUT2D eigenvalue weighted by Crippen LogP contribution is 2.15. The Morgan fingerprint density at radius 3 is 2.43 bits per heavy atom. The van der Waals surface area contributed by atoms with Gasteiger partial charge in [0.25, 0.3) is 0 Å². The molecule has 6 nitrogen and oxygen atoms in total. The van der Waals surface area contributed by atoms with Crippen LogP contribution in [0.2, 0.25) is 0 Å². The maximum Gasteiger partial charge on any atom is 0.190 e. The molecule has 7 heteroatoms. The lowest BCUT2D eigenvalue weighted by molar-refractivity contribution is 0.297. The normalized spacial score (nSPS) is 11.7. The number of guanidine groups is 1. The smallest absolute Gasteiger partial charge is 0.190 e. The van der Waals surface area contributed by atoms with E-state index in [0.29, 0.717) is 0 Å². The Hall–Kier alpha value is -1.35. The highest BCUT2D eigenvalue weighted by molar-refractivity contribution is 14.0. The minimum atomic E-state index is 0. The Labute approximate surface area is 187 Å². The van der Waals surface area contributed by atoms with E-state index in [-0.39, 0.29) is 24.0 Å². The van der Waals surface area contributed by atoms with Gasteiger partial charge in [-0.25, -0.2) is 4.98 Å². The Bertz CT molecular complexity index is 708. The molecule has 0 saturated carbocycles. The zero-order chi connectivity index (χ0) is 19.5. The molecule has 0 aliphatic carbocycles. The first-order valence-electron chi connectivity index (χ1n) is 10.3. The number of aromatic nitrogens is 2. The van der Waals surface area contributed by atoms with Crippen LogP contribution in [0.5, 0.6) is 0 Å². The molecule has 1 heterocycles. The van der Waals surface area contributed by atoms with Gasteiger partial charge in [0.1, 0.15) is 5.82 Å². The van der Waals surface area contributed by atoms with Crippen molar-refractivity contribution in [2.75, 3.05) is 39.8 Å². The number of aryl methyl sites for hydroxylation is 2. The molecule has 2 N–H and O–H groups in total. The van der Waals surface area contributed by atoms with Crippen molar-refractivity contribution in [3.05, 3.63) is 30.1 Å². The van der Waals surface area contributed by atoms with Gasteiger partial charge in [0, 0.05) is 26.7 Å². The predicted octanol–water partition coefficient (Wildman–Crippen LogP) is 3.64. The second-order valence-electron chi connectivity index (χ2n) is 6.81. The number of hydrogen-bond acceptors (Lipinski definition) is 3. The molecule has 0 saturated heterocycles. The standard InChI is InChI=1S/C21H36N6.HI/c1-5-26(6-2)16-10-9-14-23-21(22-4)24-15-11-17-27-18(3)25-19-12-7-8-13-20(19)27;/h7-8,12-13H,5-6,9-11,14-17H2,1-4H3,(H2,22,23,24);1H. The van der Waals surface area contributed by atoms with Crippen molar-refractivity contribution in [3.8, 4) is 0 Å². The van der Waals surface area contributed by atoms with Crippen LogP contribution >= 0.6 is 24.0 Å². The third-order valence-corrected chi connectivity index (χ3v) is 5.01. The molecule has 0 aliphatic heterocycles. The van der Waals surface area contributed by atoms with Gasteiger partial charge in [-0.05, 0) is 58.0 Å². The minimum Gasteiger partial charge on any atom is -0.356 e. The summed E-state index contributed by atoms with van der Waals surface area (Å²) in [6.07, 6.45) is 3.42. The van der Waals surface area contributed by atoms with Gasteiger partial charge in [-0.15, -0.1) is 24.0 Å². The molecular formula is C21H37IN6. The van der Waals surface area contributed by atoms with Crippen LogP contribution in [0.4, 0.5) is 0 Å². The molecule has 0 unspecified atom stereocenters. The van der Waals surface area contributed by atoms with Crippen molar-refractivity contribution in [1.29, 1.82) is 0 Å². The molecule has 158 valence electrons. The Balaban J connectivity index is 0.00000392. The molecular weight excluding hydrogens is 463 g/mol. The fraction of sp³-hybridized carbons (Fsp3) is 0.619. The summed E-state index contributed by atoms with van der Waals surface area (Å²) in [6, 6.07) is 8.33. The van der Waals surface area contributed by atoms with E-state index in [1.807, 2.05) is 13.1 Å². The second kappa shape index (κ2) is 13.8. The Morgan fingerprint density at radius 1 is 1.07 bits per heavy atom. The number of halogens is 1. The van der Waals surface area contributed by atoms with E-state index in [9.17, 15) is 0 Å². The van der Waals surface area contributed by atoms with Crippen molar-refractivity contribution in [3.63, 3.8) is 0 Å². The summed E-state index contributed by atoms with van der Waals surface area (Å²) >= 11 is 0. The van der Waals surface area contributed by atoms with E-state index in [0.717, 1.165) is 62.9 Å². The van der Waals surface area contributed by atoms with Crippen LogP contribution in [0.25, 0.3) is 11.0 Å². The van der Waals surface area contributed by atoms with Gasteiger partial charge in [-0.2, -0.15) is 0 Å². The Morgan fingerprint density at radius 2 is 1.75 bits per heavy atom. The van der Waals surface area contributed by atoms with Crippen LogP contribution in [0, 0.1) is 6.92 Å². The molecule has 0 spiro atoms. The number of nitrogens with zero attached hydrogens (tertiary/aromatic N) is 4. The van der Waals surface area contributed by atoms with Crippen LogP contribution in [0.3, 0.4) is 0 Å². The average molecular weight is 500 g/mol. The second-order valence-corrected chi connectivity index (χ2v) is 6.81. The topological polar surface area (TPSA) is 57.5 Å². The van der Waals surface area contributed by atoms with E-state index in [4.69, 9.17) is 0 Å². The van der Waals surface area contributed by atoms with Crippen LogP contribution in [-0.2, 0) is 6.54 Å². The summed E-state index contributed by atoms with van der Waals surface area (Å²) in [4.78, 5) is 11.4. The van der Waals surface area contributed by atoms with Crippen molar-refractivity contribution in [1.82, 2.24) is 25.1 Å². The predicted molar refractivity (Wildman–Crippen MR) is 131 cm³/mol. The molecule has 0 amide bonds. The summed E-state index contributed by atoms with van der Waals surface area (Å²) in [5.41, 5.74) is 2.29. The largest absolute Gasteiger partial charge is 0.356 e. The van der Waals surface area contributed by atoms with Crippen molar-refractivity contribution < 1.29 is 0 Å². The third kappa shape index (κ3) is 7.58. The molecule has 0 bridgehead atoms. The lowest BCUT2D eigenvalue weighted by atomic mass is 10.3. The third-order valence-electron chi connectivity index (χ3n) is 5.01. The number of nitrogens with one attached hydrogen (secondary N) is 2. The number of fused-ring (bicyclic) bond motifs is 1. The van der Waals surface area contributed by atoms with Crippen molar-refractivity contribution in [2.45, 2.75) is 46.6 Å². The molecule has 0 atom stereocenters. The van der Waals surface area contributed by atoms with Crippen molar-refractivity contribution in [2.24, 2.45) is 4.99 Å². The van der Waals surface area contributed by atoms with Crippen LogP contribution in [-0.4, -0.2) is 60.2 Å². The quantitative estimate of drug-likeness (QED) is 0.214. The summed E-state index contributed by atoms with van der Waals surface area (Å²) in [7, 11) is 1.83. The molecule has 1 aromatic carbocycles. The first-order chi connectivity index (χ1) is 13.2. The number of hydrogen-bond donors (Lipinski definition) is 2. The zero-order valence-electron chi connectivity index (χ0n) is 17.9. The Kier molecular flexibility index (Phi) is 12.1. The summed E-state index contributed by atoms with van der Waals surface area (Å²) in [5, 5.41) is 6.83. The van der Waals surface area contributed by atoms with Gasteiger partial charge < -0.3 is 20.1 Å². The van der Waals surface area contributed by atoms with Gasteiger partial charge >= 0.3 is 0 Å². The lowest BCUT2D eigenvalue weighted by Gasteiger charge is -2.18. The molecule has 0 aliphatic rings. The monoisotopic (exact) mass is 500 g/mol. The zero-order valence-corrected chi connectivity index (χ0v) is 20.2. The van der Waals surface area contributed by atoms with Gasteiger partial charge in [0.05, 0.1) is 11.0 Å². The van der Waals surface area contributed by atoms with E-state index in [2.05, 4.69) is 69.0 Å². The first kappa shape index (κ1) is 24.7. The highest BCUT2D eigenvalue weighted by Gasteiger charge is 2.06. The molecule has 2 rings (SSSR count). The summed E-state index contributed by atoms with van der Waals surface area (Å²) < 4.78 is 2.29. The minimum absolute atomic E-state index is 0. The number of unbranched alkanes of at least 4 members (excludes halogenated alkanes) is 1. The average Bonchev–Trinajstić information content (AvgIpc) is 3.01. The maximum absolute atomic E-state index is 4.63. The van der Waals surface area contributed by atoms with Gasteiger partial charge in [0.15, 0.2) is 5.96 Å². The lowest BCUT2D eigenvalue weighted by Crippen LogP contribution is -2.38. The number of rotatable bonds is 11. The van der Waals surface area contributed by atoms with Gasteiger partial charge in [-0.1, -0.05) is 26.0 Å². The van der Waals surface area contributed by atoms with Gasteiger partial charge in [0.2, 0.25) is 0 Å². The summed E-state index contributed by atoms with van der Waals surface area (Å²) in [6.45, 7) is 12.8. The van der Waals surface area contributed by atoms with Gasteiger partial charge in [-0.3, -0.25) is 4.99 Å². The number of imidazole rings is 1. The van der Waals surface area contributed by atoms with E-state index in [1.54, 1.807) is 0 Å². The molecule has 0 radical (unpaired) electrons. The number of benzene rings is 1. The fourth-order valence-corrected chi connectivity index (χ4v) is 3.35. The van der Waals surface area contributed by atoms with Crippen LogP contribution in [0.15, 0.2) is 29.3 Å². The van der Waals surface area contributed by atoms with Crippen molar-refractivity contribution >= 4 is 41.0 Å². The van der Waals surface area contributed by atoms with E-state index in [1.165, 1.54) is 18.5 Å². The molecule has 2 aromatic rings. The SMILES string of the molecule is CCN(CC)CCCCNC(=NC)NCCCn1c(C)nc2ccccc21.I. The molecule has 0 fully saturated rings. The fourth-order valence-electron chi connectivity index (χ4n) is 3.35. The molecule has 1 aromatic heterocycles. The summed E-state index contributed by atoms with van der Waals surface area (Å²) in [5.74, 6) is 1.97. The maximum atomic E-state index is 4.63.